The van der Waals surface area contributed by atoms with Crippen molar-refractivity contribution >= 4 is 23.5 Å². The number of aromatic nitrogens is 2. The maximum Gasteiger partial charge on any atom is 0.231 e. The first kappa shape index (κ1) is 18.4. The zero-order valence-corrected chi connectivity index (χ0v) is 16.8. The van der Waals surface area contributed by atoms with E-state index >= 15 is 0 Å². The molecule has 4 aliphatic rings. The summed E-state index contributed by atoms with van der Waals surface area (Å²) in [6, 6.07) is 0. The molecule has 4 fully saturated rings. The summed E-state index contributed by atoms with van der Waals surface area (Å²) in [4.78, 5) is 26.1. The van der Waals surface area contributed by atoms with Gasteiger partial charge < -0.3 is 19.7 Å². The van der Waals surface area contributed by atoms with Gasteiger partial charge in [0.05, 0.1) is 5.41 Å². The van der Waals surface area contributed by atoms with Crippen LogP contribution >= 0.6 is 0 Å². The van der Waals surface area contributed by atoms with Crippen molar-refractivity contribution in [2.75, 3.05) is 10.6 Å². The first-order valence-electron chi connectivity index (χ1n) is 10.3. The van der Waals surface area contributed by atoms with Crippen LogP contribution in [0.25, 0.3) is 0 Å². The highest BCUT2D eigenvalue weighted by Crippen LogP contribution is 2.66. The molecule has 2 heterocycles. The Hall–Kier alpha value is -2.64. The molecule has 2 aromatic rings. The number of hydrogen-bond donors (Lipinski definition) is 2. The van der Waals surface area contributed by atoms with Crippen LogP contribution in [0.2, 0.25) is 0 Å². The van der Waals surface area contributed by atoms with Crippen LogP contribution in [0, 0.1) is 36.5 Å². The van der Waals surface area contributed by atoms with E-state index in [1.54, 1.807) is 0 Å². The molecule has 0 spiro atoms. The van der Waals surface area contributed by atoms with Gasteiger partial charge in [-0.25, -0.2) is 0 Å². The van der Waals surface area contributed by atoms with E-state index < -0.39 is 5.41 Å². The zero-order chi connectivity index (χ0) is 20.2. The molecule has 2 atom stereocenters. The molecule has 29 heavy (non-hydrogen) atoms. The fourth-order valence-corrected chi connectivity index (χ4v) is 6.50. The summed E-state index contributed by atoms with van der Waals surface area (Å²) in [5, 5.41) is 13.6. The number of amides is 2. The first-order valence-corrected chi connectivity index (χ1v) is 10.3. The second-order valence-electron chi connectivity index (χ2n) is 9.61. The molecule has 0 radical (unpaired) electrons. The highest BCUT2D eigenvalue weighted by atomic mass is 16.5. The molecule has 4 bridgehead atoms. The molecule has 2 unspecified atom stereocenters. The van der Waals surface area contributed by atoms with Gasteiger partial charge in [-0.05, 0) is 69.6 Å². The lowest BCUT2D eigenvalue weighted by molar-refractivity contribution is -0.155. The molecular formula is C21H26N4O4. The molecule has 8 nitrogen and oxygen atoms in total. The Labute approximate surface area is 168 Å². The number of nitrogens with one attached hydrogen (secondary N) is 2. The number of anilines is 2. The maximum absolute atomic E-state index is 13.3. The van der Waals surface area contributed by atoms with Crippen LogP contribution in [0.1, 0.15) is 56.1 Å². The third-order valence-electron chi connectivity index (χ3n) is 7.18. The molecule has 4 aliphatic carbocycles. The van der Waals surface area contributed by atoms with Crippen molar-refractivity contribution in [2.24, 2.45) is 22.7 Å². The van der Waals surface area contributed by atoms with Crippen LogP contribution in [-0.2, 0) is 9.59 Å². The van der Waals surface area contributed by atoms with Crippen molar-refractivity contribution in [1.82, 2.24) is 10.3 Å². The van der Waals surface area contributed by atoms with Gasteiger partial charge in [-0.2, -0.15) is 0 Å². The van der Waals surface area contributed by atoms with Crippen molar-refractivity contribution in [3.63, 3.8) is 0 Å². The van der Waals surface area contributed by atoms with Gasteiger partial charge in [0.1, 0.15) is 12.5 Å². The monoisotopic (exact) mass is 398 g/mol. The Bertz CT molecular complexity index is 948. The van der Waals surface area contributed by atoms with E-state index in [1.807, 2.05) is 13.8 Å². The Kier molecular flexibility index (Phi) is 4.08. The topological polar surface area (TPSA) is 110 Å². The van der Waals surface area contributed by atoms with Gasteiger partial charge >= 0.3 is 0 Å². The van der Waals surface area contributed by atoms with Crippen LogP contribution in [0.4, 0.5) is 11.6 Å². The average Bonchev–Trinajstić information content (AvgIpc) is 3.22. The lowest BCUT2D eigenvalue weighted by Gasteiger charge is -2.61. The van der Waals surface area contributed by atoms with Gasteiger partial charge in [-0.1, -0.05) is 10.3 Å². The Morgan fingerprint density at radius 3 is 2.14 bits per heavy atom. The molecule has 0 saturated heterocycles. The summed E-state index contributed by atoms with van der Waals surface area (Å²) in [5.41, 5.74) is 1.09. The lowest BCUT2D eigenvalue weighted by Crippen LogP contribution is -2.57. The van der Waals surface area contributed by atoms with Crippen LogP contribution in [0.3, 0.4) is 0 Å². The Morgan fingerprint density at radius 2 is 1.59 bits per heavy atom. The molecule has 2 amide bonds. The van der Waals surface area contributed by atoms with Crippen LogP contribution in [-0.4, -0.2) is 22.1 Å². The Morgan fingerprint density at radius 1 is 1.00 bits per heavy atom. The third-order valence-corrected chi connectivity index (χ3v) is 7.18. The summed E-state index contributed by atoms with van der Waals surface area (Å²) < 4.78 is 9.88. The smallest absolute Gasteiger partial charge is 0.231 e. The van der Waals surface area contributed by atoms with Crippen molar-refractivity contribution in [3.05, 3.63) is 23.7 Å². The summed E-state index contributed by atoms with van der Waals surface area (Å²) >= 11 is 0. The molecule has 0 aromatic carbocycles. The number of hydrogen-bond acceptors (Lipinski definition) is 6. The second-order valence-corrected chi connectivity index (χ2v) is 9.61. The number of rotatable bonds is 5. The van der Waals surface area contributed by atoms with Gasteiger partial charge in [0.15, 0.2) is 11.6 Å². The summed E-state index contributed by atoms with van der Waals surface area (Å²) in [6.07, 6.45) is 9.24. The van der Waals surface area contributed by atoms with E-state index in [-0.39, 0.29) is 17.2 Å². The minimum atomic E-state index is -0.417. The largest absolute Gasteiger partial charge is 0.362 e. The van der Waals surface area contributed by atoms with Gasteiger partial charge in [0, 0.05) is 17.5 Å². The van der Waals surface area contributed by atoms with Gasteiger partial charge in [0.2, 0.25) is 11.8 Å². The van der Waals surface area contributed by atoms with Crippen molar-refractivity contribution in [1.29, 1.82) is 0 Å². The van der Waals surface area contributed by atoms with Gasteiger partial charge in [-0.3, -0.25) is 9.59 Å². The molecule has 0 aliphatic heterocycles. The average molecular weight is 398 g/mol. The highest BCUT2D eigenvalue weighted by Gasteiger charge is 2.60. The fourth-order valence-electron chi connectivity index (χ4n) is 6.50. The van der Waals surface area contributed by atoms with E-state index in [2.05, 4.69) is 20.9 Å². The molecule has 2 N–H and O–H groups in total. The van der Waals surface area contributed by atoms with E-state index in [9.17, 15) is 9.59 Å². The van der Waals surface area contributed by atoms with E-state index in [0.29, 0.717) is 29.9 Å². The number of carbonyl (C=O) groups is 2. The first-order chi connectivity index (χ1) is 13.9. The van der Waals surface area contributed by atoms with E-state index in [4.69, 9.17) is 9.05 Å². The SMILES string of the molecule is Cc1conc1NC(=O)CC12CC3CC(C1)CC(C(=O)Nc1nocc1C)(C3)C2. The Balaban J connectivity index is 1.35. The highest BCUT2D eigenvalue weighted by molar-refractivity contribution is 5.96. The van der Waals surface area contributed by atoms with Crippen molar-refractivity contribution < 1.29 is 18.6 Å². The number of aryl methyl sites for hydroxylation is 2. The standard InChI is InChI=1S/C21H26N4O4/c1-12-9-28-24-17(12)22-16(26)8-20-4-14-3-15(5-20)7-21(6-14,11-20)19(27)23-18-13(2)10-29-25-18/h9-10,14-15H,3-8,11H2,1-2H3,(H,22,24,26)(H,23,25,27). The van der Waals surface area contributed by atoms with Crippen molar-refractivity contribution in [3.8, 4) is 0 Å². The van der Waals surface area contributed by atoms with E-state index in [1.165, 1.54) is 18.9 Å². The number of carbonyl (C=O) groups excluding carboxylic acids is 2. The fraction of sp³-hybridized carbons (Fsp3) is 0.619. The van der Waals surface area contributed by atoms with Gasteiger partial charge in [-0.15, -0.1) is 0 Å². The van der Waals surface area contributed by atoms with Gasteiger partial charge in [0.25, 0.3) is 0 Å². The number of nitrogens with zero attached hydrogens (tertiary/aromatic N) is 2. The van der Waals surface area contributed by atoms with Crippen LogP contribution in [0.15, 0.2) is 21.6 Å². The predicted molar refractivity (Wildman–Crippen MR) is 104 cm³/mol. The minimum absolute atomic E-state index is 0.0285. The summed E-state index contributed by atoms with van der Waals surface area (Å²) in [7, 11) is 0. The minimum Gasteiger partial charge on any atom is -0.362 e. The zero-order valence-electron chi connectivity index (χ0n) is 16.8. The molecule has 154 valence electrons. The second kappa shape index (κ2) is 6.43. The lowest BCUT2D eigenvalue weighted by atomic mass is 9.43. The van der Waals surface area contributed by atoms with E-state index in [0.717, 1.165) is 43.2 Å². The molecular weight excluding hydrogens is 372 g/mol. The molecule has 8 heteroatoms. The quantitative estimate of drug-likeness (QED) is 0.792. The molecule has 4 saturated carbocycles. The summed E-state index contributed by atoms with van der Waals surface area (Å²) in [5.74, 6) is 1.96. The maximum atomic E-state index is 13.3. The molecule has 2 aromatic heterocycles. The molecule has 6 rings (SSSR count). The summed E-state index contributed by atoms with van der Waals surface area (Å²) in [6.45, 7) is 3.71. The van der Waals surface area contributed by atoms with Crippen LogP contribution in [0.5, 0.6) is 0 Å². The normalized spacial score (nSPS) is 32.3. The van der Waals surface area contributed by atoms with Crippen molar-refractivity contribution in [2.45, 2.75) is 58.8 Å². The van der Waals surface area contributed by atoms with Crippen LogP contribution < -0.4 is 10.6 Å². The predicted octanol–water partition coefficient (Wildman–Crippen LogP) is 3.83. The third kappa shape index (κ3) is 3.14.